The van der Waals surface area contributed by atoms with Crippen molar-refractivity contribution in [3.8, 4) is 5.75 Å². The van der Waals surface area contributed by atoms with Crippen molar-refractivity contribution in [2.45, 2.75) is 9.79 Å². The highest BCUT2D eigenvalue weighted by atomic mass is 127. The summed E-state index contributed by atoms with van der Waals surface area (Å²) in [7, 11) is -9.02. The molecule has 6 nitrogen and oxygen atoms in total. The summed E-state index contributed by atoms with van der Waals surface area (Å²) in [6, 6.07) is 15.9. The lowest BCUT2D eigenvalue weighted by Crippen LogP contribution is -2.15. The Hall–Kier alpha value is -0.750. The van der Waals surface area contributed by atoms with Gasteiger partial charge in [0.05, 0.1) is 8.47 Å². The third kappa shape index (κ3) is 4.28. The van der Waals surface area contributed by atoms with Crippen molar-refractivity contribution in [1.82, 2.24) is 0 Å². The Morgan fingerprint density at radius 1 is 0.645 bits per heavy atom. The molecule has 0 saturated heterocycles. The molecule has 160 valence electrons. The standard InChI is InChI=1S/C20H11I3O6S2/c21-17-13-7-3-4-8-14(13)18(22)20(19(17)23)31(27,28)29-15-9-10-16(30(24,25)26)12-6-2-1-5-11(12)15/h1-10H,(H,24,25,26)/p-1. The Morgan fingerprint density at radius 3 is 1.74 bits per heavy atom. The third-order valence-electron chi connectivity index (χ3n) is 4.55. The first-order valence-corrected chi connectivity index (χ1v) is 14.5. The molecular formula is C20H10I3O6S2-. The van der Waals surface area contributed by atoms with Crippen molar-refractivity contribution >= 4 is 110 Å². The molecule has 0 radical (unpaired) electrons. The fourth-order valence-electron chi connectivity index (χ4n) is 3.22. The van der Waals surface area contributed by atoms with Crippen molar-refractivity contribution in [2.75, 3.05) is 0 Å². The molecule has 4 aromatic rings. The highest BCUT2D eigenvalue weighted by Crippen LogP contribution is 2.39. The highest BCUT2D eigenvalue weighted by Gasteiger charge is 2.28. The van der Waals surface area contributed by atoms with Crippen LogP contribution >= 0.6 is 67.8 Å². The molecule has 4 aromatic carbocycles. The zero-order chi connectivity index (χ0) is 22.6. The van der Waals surface area contributed by atoms with E-state index in [-0.39, 0.29) is 21.4 Å². The molecule has 0 atom stereocenters. The predicted octanol–water partition coefficient (Wildman–Crippen LogP) is 5.48. The van der Waals surface area contributed by atoms with Crippen LogP contribution < -0.4 is 4.18 Å². The first-order chi connectivity index (χ1) is 14.5. The molecule has 0 heterocycles. The second-order valence-electron chi connectivity index (χ2n) is 6.42. The van der Waals surface area contributed by atoms with Crippen molar-refractivity contribution in [3.05, 3.63) is 71.4 Å². The molecule has 0 aliphatic carbocycles. The molecule has 0 unspecified atom stereocenters. The summed E-state index contributed by atoms with van der Waals surface area (Å²) in [5, 5.41) is 2.03. The number of rotatable bonds is 4. The number of benzene rings is 4. The van der Waals surface area contributed by atoms with Gasteiger partial charge in [0.15, 0.2) is 5.75 Å². The summed E-state index contributed by atoms with van der Waals surface area (Å²) in [4.78, 5) is -0.390. The molecule has 0 aromatic heterocycles. The van der Waals surface area contributed by atoms with Gasteiger partial charge < -0.3 is 8.74 Å². The predicted molar refractivity (Wildman–Crippen MR) is 142 cm³/mol. The third-order valence-corrected chi connectivity index (χ3v) is 11.8. The number of halogens is 3. The maximum Gasteiger partial charge on any atom is 0.341 e. The number of hydrogen-bond acceptors (Lipinski definition) is 6. The van der Waals surface area contributed by atoms with Gasteiger partial charge in [-0.1, -0.05) is 48.5 Å². The quantitative estimate of drug-likeness (QED) is 0.118. The van der Waals surface area contributed by atoms with Crippen LogP contribution in [0.1, 0.15) is 0 Å². The van der Waals surface area contributed by atoms with Crippen molar-refractivity contribution in [3.63, 3.8) is 0 Å². The van der Waals surface area contributed by atoms with Crippen LogP contribution in [0.3, 0.4) is 0 Å². The van der Waals surface area contributed by atoms with Crippen LogP contribution in [0.2, 0.25) is 0 Å². The largest absolute Gasteiger partial charge is 0.744 e. The first kappa shape index (κ1) is 23.4. The smallest absolute Gasteiger partial charge is 0.341 e. The van der Waals surface area contributed by atoms with Crippen molar-refractivity contribution < 1.29 is 25.6 Å². The van der Waals surface area contributed by atoms with Crippen molar-refractivity contribution in [2.24, 2.45) is 0 Å². The Kier molecular flexibility index (Phi) is 6.46. The van der Waals surface area contributed by atoms with E-state index in [1.807, 2.05) is 69.4 Å². The summed E-state index contributed by atoms with van der Waals surface area (Å²) >= 11 is 6.09. The summed E-state index contributed by atoms with van der Waals surface area (Å²) in [5.74, 6) is -0.0576. The van der Waals surface area contributed by atoms with Crippen LogP contribution in [0.15, 0.2) is 70.5 Å². The van der Waals surface area contributed by atoms with E-state index in [2.05, 4.69) is 22.6 Å². The summed E-state index contributed by atoms with van der Waals surface area (Å²) < 4.78 is 68.8. The Balaban J connectivity index is 1.93. The van der Waals surface area contributed by atoms with Gasteiger partial charge in [-0.2, -0.15) is 8.42 Å². The normalized spacial score (nSPS) is 12.4. The molecule has 0 N–H and O–H groups in total. The molecule has 0 spiro atoms. The van der Waals surface area contributed by atoms with Gasteiger partial charge in [0.2, 0.25) is 0 Å². The van der Waals surface area contributed by atoms with E-state index in [1.165, 1.54) is 18.2 Å². The van der Waals surface area contributed by atoms with Crippen LogP contribution in [-0.2, 0) is 20.2 Å². The molecule has 11 heteroatoms. The van der Waals surface area contributed by atoms with E-state index < -0.39 is 25.1 Å². The minimum Gasteiger partial charge on any atom is -0.744 e. The van der Waals surface area contributed by atoms with Crippen LogP contribution in [0.4, 0.5) is 0 Å². The molecule has 0 bridgehead atoms. The summed E-state index contributed by atoms with van der Waals surface area (Å²) in [6.07, 6.45) is 0. The molecular weight excluding hydrogens is 781 g/mol. The van der Waals surface area contributed by atoms with Gasteiger partial charge in [0.25, 0.3) is 0 Å². The van der Waals surface area contributed by atoms with Crippen LogP contribution in [-0.4, -0.2) is 21.4 Å². The first-order valence-electron chi connectivity index (χ1n) is 8.49. The minimum absolute atomic E-state index is 0.0430. The lowest BCUT2D eigenvalue weighted by Gasteiger charge is -2.17. The van der Waals surface area contributed by atoms with E-state index in [4.69, 9.17) is 4.18 Å². The Labute approximate surface area is 219 Å². The zero-order valence-corrected chi connectivity index (χ0v) is 23.3. The fourth-order valence-corrected chi connectivity index (χ4v) is 9.37. The van der Waals surface area contributed by atoms with E-state index >= 15 is 0 Å². The molecule has 4 rings (SSSR count). The summed E-state index contributed by atoms with van der Waals surface area (Å²) in [5.41, 5.74) is 0. The van der Waals surface area contributed by atoms with Crippen LogP contribution in [0.5, 0.6) is 5.75 Å². The van der Waals surface area contributed by atoms with E-state index in [9.17, 15) is 21.4 Å². The molecule has 0 aliphatic heterocycles. The summed E-state index contributed by atoms with van der Waals surface area (Å²) in [6.45, 7) is 0. The second-order valence-corrected chi connectivity index (χ2v) is 12.5. The maximum atomic E-state index is 13.3. The van der Waals surface area contributed by atoms with E-state index in [1.54, 1.807) is 12.1 Å². The maximum absolute atomic E-state index is 13.3. The van der Waals surface area contributed by atoms with E-state index in [0.717, 1.165) is 20.4 Å². The molecule has 31 heavy (non-hydrogen) atoms. The van der Waals surface area contributed by atoms with Gasteiger partial charge >= 0.3 is 10.1 Å². The average Bonchev–Trinajstić information content (AvgIpc) is 2.71. The van der Waals surface area contributed by atoms with Crippen LogP contribution in [0, 0.1) is 10.7 Å². The Bertz CT molecular complexity index is 1580. The lowest BCUT2D eigenvalue weighted by atomic mass is 10.1. The highest BCUT2D eigenvalue weighted by molar-refractivity contribution is 14.1. The number of hydrogen-bond donors (Lipinski definition) is 0. The average molecular weight is 791 g/mol. The van der Waals surface area contributed by atoms with Gasteiger partial charge in [-0.25, -0.2) is 8.42 Å². The van der Waals surface area contributed by atoms with Gasteiger partial charge in [0, 0.05) is 17.9 Å². The molecule has 0 fully saturated rings. The van der Waals surface area contributed by atoms with Gasteiger partial charge in [0.1, 0.15) is 15.0 Å². The Morgan fingerprint density at radius 2 is 1.16 bits per heavy atom. The van der Waals surface area contributed by atoms with E-state index in [0.29, 0.717) is 7.14 Å². The zero-order valence-electron chi connectivity index (χ0n) is 15.2. The monoisotopic (exact) mass is 791 g/mol. The molecule has 0 amide bonds. The van der Waals surface area contributed by atoms with Gasteiger partial charge in [-0.3, -0.25) is 0 Å². The second kappa shape index (κ2) is 8.55. The molecule has 0 saturated carbocycles. The van der Waals surface area contributed by atoms with Gasteiger partial charge in [-0.15, -0.1) is 0 Å². The topological polar surface area (TPSA) is 101 Å². The van der Waals surface area contributed by atoms with Gasteiger partial charge in [-0.05, 0) is 90.7 Å². The van der Waals surface area contributed by atoms with Crippen molar-refractivity contribution in [1.29, 1.82) is 0 Å². The lowest BCUT2D eigenvalue weighted by molar-refractivity contribution is 0.464. The SMILES string of the molecule is O=S(=O)([O-])c1ccc(OS(=O)(=O)c2c(I)c(I)c3ccccc3c2I)c2ccccc12. The fraction of sp³-hybridized carbons (Fsp3) is 0. The minimum atomic E-state index is -4.74. The van der Waals surface area contributed by atoms with Crippen LogP contribution in [0.25, 0.3) is 21.5 Å². The molecule has 0 aliphatic rings. The number of fused-ring (bicyclic) bond motifs is 2.